The van der Waals surface area contributed by atoms with Crippen molar-refractivity contribution in [1.29, 1.82) is 0 Å². The first-order chi connectivity index (χ1) is 13.3. The molecule has 1 aromatic rings. The molecule has 1 spiro atoms. The number of hydrogen-bond donors (Lipinski definition) is 1. The molecule has 1 saturated carbocycles. The van der Waals surface area contributed by atoms with E-state index >= 15 is 4.39 Å². The molecule has 3 atom stereocenters. The lowest BCUT2D eigenvalue weighted by molar-refractivity contribution is -0.191. The summed E-state index contributed by atoms with van der Waals surface area (Å²) in [6, 6.07) is 0.354. The molecular weight excluding hydrogens is 363 g/mol. The monoisotopic (exact) mass is 390 g/mol. The molecule has 0 bridgehead atoms. The summed E-state index contributed by atoms with van der Waals surface area (Å²) in [7, 11) is 4.08. The highest BCUT2D eigenvalue weighted by Crippen LogP contribution is 2.57. The van der Waals surface area contributed by atoms with Gasteiger partial charge in [-0.05, 0) is 46.7 Å². The van der Waals surface area contributed by atoms with Gasteiger partial charge in [0.1, 0.15) is 6.10 Å². The molecule has 1 amide bonds. The highest BCUT2D eigenvalue weighted by atomic mass is 19.1. The van der Waals surface area contributed by atoms with E-state index in [0.717, 1.165) is 25.7 Å². The van der Waals surface area contributed by atoms with Crippen molar-refractivity contribution in [2.45, 2.75) is 62.9 Å². The topological polar surface area (TPSA) is 60.0 Å². The molecule has 4 aliphatic rings. The average Bonchev–Trinajstić information content (AvgIpc) is 3.35. The maximum atomic E-state index is 15.6. The van der Waals surface area contributed by atoms with Gasteiger partial charge in [-0.25, -0.2) is 4.39 Å². The molecule has 6 nitrogen and oxygen atoms in total. The van der Waals surface area contributed by atoms with Gasteiger partial charge in [-0.15, -0.1) is 0 Å². The van der Waals surface area contributed by atoms with Crippen LogP contribution in [-0.4, -0.2) is 56.0 Å². The Morgan fingerprint density at radius 1 is 1.18 bits per heavy atom. The lowest BCUT2D eigenvalue weighted by Crippen LogP contribution is -2.53. The number of rotatable bonds is 2. The number of halogens is 1. The molecule has 152 valence electrons. The predicted molar refractivity (Wildman–Crippen MR) is 100 cm³/mol. The van der Waals surface area contributed by atoms with Crippen molar-refractivity contribution < 1.29 is 23.4 Å². The van der Waals surface area contributed by atoms with E-state index in [9.17, 15) is 4.79 Å². The van der Waals surface area contributed by atoms with Crippen LogP contribution in [0.5, 0.6) is 11.5 Å². The van der Waals surface area contributed by atoms with Crippen LogP contribution in [0.1, 0.15) is 54.1 Å². The zero-order chi connectivity index (χ0) is 19.8. The fourth-order valence-electron chi connectivity index (χ4n) is 4.91. The zero-order valence-corrected chi connectivity index (χ0v) is 16.9. The van der Waals surface area contributed by atoms with Crippen molar-refractivity contribution in [2.24, 2.45) is 0 Å². The summed E-state index contributed by atoms with van der Waals surface area (Å²) in [5, 5.41) is 2.92. The van der Waals surface area contributed by atoms with Gasteiger partial charge in [0, 0.05) is 36.1 Å². The number of benzene rings is 1. The average molecular weight is 390 g/mol. The number of nitrogens with one attached hydrogen (secondary N) is 1. The van der Waals surface area contributed by atoms with Gasteiger partial charge in [-0.1, -0.05) is 0 Å². The van der Waals surface area contributed by atoms with Crippen LogP contribution in [0.15, 0.2) is 0 Å². The highest BCUT2D eigenvalue weighted by Gasteiger charge is 2.55. The minimum absolute atomic E-state index is 0.137. The molecular formula is C21H27FN2O4. The Kier molecular flexibility index (Phi) is 3.78. The number of carbonyl (C=O) groups excluding carboxylic acids is 1. The third kappa shape index (κ3) is 2.42. The van der Waals surface area contributed by atoms with E-state index in [2.05, 4.69) is 10.2 Å². The van der Waals surface area contributed by atoms with E-state index in [1.165, 1.54) is 0 Å². The van der Waals surface area contributed by atoms with Crippen molar-refractivity contribution in [3.05, 3.63) is 22.5 Å². The normalized spacial score (nSPS) is 32.4. The summed E-state index contributed by atoms with van der Waals surface area (Å²) in [5.41, 5.74) is 1.30. The van der Waals surface area contributed by atoms with Crippen LogP contribution in [0.2, 0.25) is 0 Å². The number of amides is 1. The van der Waals surface area contributed by atoms with Crippen LogP contribution in [0.3, 0.4) is 0 Å². The van der Waals surface area contributed by atoms with Gasteiger partial charge in [0.2, 0.25) is 5.75 Å². The molecule has 1 unspecified atom stereocenters. The minimum Gasteiger partial charge on any atom is -0.446 e. The van der Waals surface area contributed by atoms with E-state index in [4.69, 9.17) is 14.2 Å². The molecule has 1 N–H and O–H groups in total. The first kappa shape index (κ1) is 18.2. The third-order valence-corrected chi connectivity index (χ3v) is 6.97. The number of ether oxygens (including phenoxy) is 3. The Morgan fingerprint density at radius 2 is 1.89 bits per heavy atom. The molecule has 28 heavy (non-hydrogen) atoms. The van der Waals surface area contributed by atoms with Gasteiger partial charge in [-0.3, -0.25) is 4.79 Å². The van der Waals surface area contributed by atoms with Crippen LogP contribution in [0.25, 0.3) is 0 Å². The Hall–Kier alpha value is -1.86. The van der Waals surface area contributed by atoms with Gasteiger partial charge < -0.3 is 24.4 Å². The molecule has 5 rings (SSSR count). The quantitative estimate of drug-likeness (QED) is 0.841. The summed E-state index contributed by atoms with van der Waals surface area (Å²) in [6.07, 6.45) is 3.18. The molecule has 3 aliphatic heterocycles. The second-order valence-corrected chi connectivity index (χ2v) is 9.05. The number of fused-ring (bicyclic) bond motifs is 3. The Balaban J connectivity index is 1.50. The maximum Gasteiger partial charge on any atom is 0.275 e. The lowest BCUT2D eigenvalue weighted by Gasteiger charge is -2.38. The zero-order valence-electron chi connectivity index (χ0n) is 16.9. The largest absolute Gasteiger partial charge is 0.446 e. The van der Waals surface area contributed by atoms with E-state index in [1.54, 1.807) is 6.92 Å². The van der Waals surface area contributed by atoms with Crippen LogP contribution < -0.4 is 14.8 Å². The predicted octanol–water partition coefficient (Wildman–Crippen LogP) is 2.51. The van der Waals surface area contributed by atoms with Gasteiger partial charge in [0.05, 0.1) is 12.2 Å². The number of nitrogens with zero attached hydrogens (tertiary/aromatic N) is 1. The van der Waals surface area contributed by atoms with Crippen molar-refractivity contribution in [2.75, 3.05) is 27.2 Å². The Labute approximate surface area is 164 Å². The lowest BCUT2D eigenvalue weighted by atomic mass is 9.84. The number of likely N-dealkylation sites (N-methyl/N-ethyl adjacent to an activating group) is 1. The van der Waals surface area contributed by atoms with E-state index < -0.39 is 11.6 Å². The number of carbonyl (C=O) groups is 1. The van der Waals surface area contributed by atoms with Crippen molar-refractivity contribution >= 4 is 5.91 Å². The molecule has 0 aromatic heterocycles. The van der Waals surface area contributed by atoms with Crippen molar-refractivity contribution in [1.82, 2.24) is 10.2 Å². The van der Waals surface area contributed by atoms with E-state index in [-0.39, 0.29) is 23.2 Å². The standard InChI is InChI=1S/C21H27FN2O4/c1-11-14-15(21(7-8-21)10-23-19(14)25)16(22)18-17(11)27-20(2,28-18)13-6-5-12(9-26-13)24(3)4/h12-13H,5-10H2,1-4H3,(H,23,25)/t12-,13+,20?/m1/s1. The minimum atomic E-state index is -1.09. The van der Waals surface area contributed by atoms with Crippen LogP contribution in [0, 0.1) is 12.7 Å². The summed E-state index contributed by atoms with van der Waals surface area (Å²) in [5.74, 6) is -1.29. The molecule has 1 saturated heterocycles. The first-order valence-corrected chi connectivity index (χ1v) is 10.1. The highest BCUT2D eigenvalue weighted by molar-refractivity contribution is 6.00. The Bertz CT molecular complexity index is 859. The molecule has 1 aromatic carbocycles. The van der Waals surface area contributed by atoms with Crippen LogP contribution >= 0.6 is 0 Å². The maximum absolute atomic E-state index is 15.6. The van der Waals surface area contributed by atoms with Gasteiger partial charge >= 0.3 is 0 Å². The van der Waals surface area contributed by atoms with Crippen LogP contribution in [0.4, 0.5) is 4.39 Å². The van der Waals surface area contributed by atoms with Crippen molar-refractivity contribution in [3.8, 4) is 11.5 Å². The van der Waals surface area contributed by atoms with E-state index in [0.29, 0.717) is 41.6 Å². The molecule has 2 fully saturated rings. The summed E-state index contributed by atoms with van der Waals surface area (Å²) in [6.45, 7) is 4.69. The first-order valence-electron chi connectivity index (χ1n) is 10.1. The fraction of sp³-hybridized carbons (Fsp3) is 0.667. The second kappa shape index (κ2) is 5.83. The summed E-state index contributed by atoms with van der Waals surface area (Å²) >= 11 is 0. The van der Waals surface area contributed by atoms with E-state index in [1.807, 2.05) is 21.0 Å². The van der Waals surface area contributed by atoms with Crippen molar-refractivity contribution in [3.63, 3.8) is 0 Å². The third-order valence-electron chi connectivity index (χ3n) is 6.97. The molecule has 7 heteroatoms. The van der Waals surface area contributed by atoms with Gasteiger partial charge in [0.15, 0.2) is 11.6 Å². The van der Waals surface area contributed by atoms with Gasteiger partial charge in [0.25, 0.3) is 11.7 Å². The summed E-state index contributed by atoms with van der Waals surface area (Å²) in [4.78, 5) is 14.7. The smallest absolute Gasteiger partial charge is 0.275 e. The Morgan fingerprint density at radius 3 is 2.50 bits per heavy atom. The SMILES string of the molecule is Cc1c2c(c(F)c3c1C(=O)NCC31CC1)OC(C)([C@@H]1CC[C@@H](N(C)C)CO1)O2. The molecule has 1 aliphatic carbocycles. The summed E-state index contributed by atoms with van der Waals surface area (Å²) < 4.78 is 33.9. The van der Waals surface area contributed by atoms with Crippen LogP contribution in [-0.2, 0) is 10.2 Å². The second-order valence-electron chi connectivity index (χ2n) is 9.05. The van der Waals surface area contributed by atoms with Gasteiger partial charge in [-0.2, -0.15) is 0 Å². The number of hydrogen-bond acceptors (Lipinski definition) is 5. The molecule has 0 radical (unpaired) electrons. The fourth-order valence-corrected chi connectivity index (χ4v) is 4.91. The molecule has 3 heterocycles.